The maximum Gasteiger partial charge on any atom is 0.337 e. The van der Waals surface area contributed by atoms with Crippen LogP contribution >= 0.6 is 0 Å². The van der Waals surface area contributed by atoms with Crippen molar-refractivity contribution >= 4 is 11.8 Å². The van der Waals surface area contributed by atoms with Crippen molar-refractivity contribution < 1.29 is 9.53 Å². The fraction of sp³-hybridized carbons (Fsp3) is 0.316. The topological polar surface area (TPSA) is 93.2 Å². The summed E-state index contributed by atoms with van der Waals surface area (Å²) in [4.78, 5) is 39.6. The largest absolute Gasteiger partial charge is 0.456 e. The molecule has 0 saturated carbocycles. The molecular formula is C19H19N3O4. The van der Waals surface area contributed by atoms with Crippen LogP contribution in [0.2, 0.25) is 0 Å². The van der Waals surface area contributed by atoms with Gasteiger partial charge in [-0.3, -0.25) is 14.3 Å². The molecule has 1 aromatic heterocycles. The normalized spacial score (nSPS) is 18.2. The van der Waals surface area contributed by atoms with Crippen molar-refractivity contribution in [3.63, 3.8) is 0 Å². The van der Waals surface area contributed by atoms with Gasteiger partial charge in [-0.15, -0.1) is 0 Å². The molecule has 0 amide bonds. The maximum atomic E-state index is 12.7. The standard InChI is InChI=1S/C19H19N3O4/c1-3-10-5-7-11(8-6-10)13-14-12(9-26-18(14)24)20-16-15(13)17(23)21-19(25)22(16)4-2/h5-8,13,20H,3-4,9H2,1-2H3,(H,21,23,25). The van der Waals surface area contributed by atoms with Crippen LogP contribution in [0.5, 0.6) is 0 Å². The third-order valence-electron chi connectivity index (χ3n) is 5.01. The van der Waals surface area contributed by atoms with Gasteiger partial charge in [-0.1, -0.05) is 31.2 Å². The van der Waals surface area contributed by atoms with Crippen LogP contribution in [0.3, 0.4) is 0 Å². The van der Waals surface area contributed by atoms with Crippen molar-refractivity contribution in [3.8, 4) is 0 Å². The van der Waals surface area contributed by atoms with Gasteiger partial charge in [0.05, 0.1) is 22.8 Å². The second kappa shape index (κ2) is 6.01. The lowest BCUT2D eigenvalue weighted by Crippen LogP contribution is -2.38. The molecule has 134 valence electrons. The quantitative estimate of drug-likeness (QED) is 0.816. The highest BCUT2D eigenvalue weighted by Crippen LogP contribution is 2.42. The van der Waals surface area contributed by atoms with Gasteiger partial charge < -0.3 is 10.1 Å². The highest BCUT2D eigenvalue weighted by atomic mass is 16.5. The Morgan fingerprint density at radius 2 is 1.88 bits per heavy atom. The molecule has 1 unspecified atom stereocenters. The van der Waals surface area contributed by atoms with Crippen LogP contribution in [0, 0.1) is 0 Å². The maximum absolute atomic E-state index is 12.7. The lowest BCUT2D eigenvalue weighted by atomic mass is 9.82. The molecule has 1 aromatic carbocycles. The molecule has 2 aliphatic rings. The van der Waals surface area contributed by atoms with Crippen LogP contribution < -0.4 is 16.6 Å². The average molecular weight is 353 g/mol. The Labute approximate surface area is 149 Å². The van der Waals surface area contributed by atoms with Crippen LogP contribution in [0.4, 0.5) is 5.82 Å². The predicted octanol–water partition coefficient (Wildman–Crippen LogP) is 1.49. The van der Waals surface area contributed by atoms with E-state index in [0.29, 0.717) is 29.2 Å². The summed E-state index contributed by atoms with van der Waals surface area (Å²) in [5, 5.41) is 3.09. The van der Waals surface area contributed by atoms with Crippen LogP contribution in [0.25, 0.3) is 0 Å². The number of hydrogen-bond acceptors (Lipinski definition) is 5. The zero-order chi connectivity index (χ0) is 18.4. The fourth-order valence-corrected chi connectivity index (χ4v) is 3.67. The van der Waals surface area contributed by atoms with E-state index in [1.54, 1.807) is 0 Å². The third kappa shape index (κ3) is 2.31. The Balaban J connectivity index is 2.00. The number of fused-ring (bicyclic) bond motifs is 1. The number of cyclic esters (lactones) is 1. The molecule has 2 aromatic rings. The first-order chi connectivity index (χ1) is 12.5. The molecule has 4 rings (SSSR count). The molecule has 2 N–H and O–H groups in total. The SMILES string of the molecule is CCc1ccc(C2C3=C(COC3=O)Nc3c2c(=O)[nH]c(=O)n3CC)cc1. The number of hydrogen-bond donors (Lipinski definition) is 2. The summed E-state index contributed by atoms with van der Waals surface area (Å²) in [5.74, 6) is -0.566. The molecule has 1 atom stereocenters. The molecule has 7 heteroatoms. The monoisotopic (exact) mass is 353 g/mol. The number of rotatable bonds is 3. The van der Waals surface area contributed by atoms with Gasteiger partial charge in [0, 0.05) is 6.54 Å². The summed E-state index contributed by atoms with van der Waals surface area (Å²) in [6.45, 7) is 4.40. The minimum atomic E-state index is -0.565. The van der Waals surface area contributed by atoms with Crippen molar-refractivity contribution in [1.82, 2.24) is 9.55 Å². The first-order valence-electron chi connectivity index (χ1n) is 8.68. The molecule has 7 nitrogen and oxygen atoms in total. The number of carbonyl (C=O) groups is 1. The highest BCUT2D eigenvalue weighted by molar-refractivity contribution is 5.96. The van der Waals surface area contributed by atoms with E-state index in [1.807, 2.05) is 31.2 Å². The van der Waals surface area contributed by atoms with Gasteiger partial charge in [0.25, 0.3) is 5.56 Å². The molecule has 0 spiro atoms. The lowest BCUT2D eigenvalue weighted by Gasteiger charge is -2.28. The number of carbonyl (C=O) groups excluding carboxylic acids is 1. The molecule has 0 saturated heterocycles. The molecule has 0 bridgehead atoms. The minimum absolute atomic E-state index is 0.113. The second-order valence-electron chi connectivity index (χ2n) is 6.39. The summed E-state index contributed by atoms with van der Waals surface area (Å²) in [6, 6.07) is 7.83. The van der Waals surface area contributed by atoms with E-state index in [4.69, 9.17) is 4.74 Å². The van der Waals surface area contributed by atoms with Crippen LogP contribution in [0.1, 0.15) is 36.5 Å². The van der Waals surface area contributed by atoms with Gasteiger partial charge in [-0.2, -0.15) is 0 Å². The third-order valence-corrected chi connectivity index (χ3v) is 5.01. The fourth-order valence-electron chi connectivity index (χ4n) is 3.67. The molecule has 3 heterocycles. The van der Waals surface area contributed by atoms with Gasteiger partial charge >= 0.3 is 11.7 Å². The van der Waals surface area contributed by atoms with Crippen molar-refractivity contribution in [2.45, 2.75) is 32.7 Å². The Bertz CT molecular complexity index is 1040. The number of esters is 1. The van der Waals surface area contributed by atoms with Gasteiger partial charge in [0.15, 0.2) is 0 Å². The van der Waals surface area contributed by atoms with Crippen molar-refractivity contribution in [1.29, 1.82) is 0 Å². The van der Waals surface area contributed by atoms with Gasteiger partial charge in [-0.05, 0) is 24.5 Å². The van der Waals surface area contributed by atoms with E-state index in [9.17, 15) is 14.4 Å². The smallest absolute Gasteiger partial charge is 0.337 e. The number of aromatic nitrogens is 2. The first kappa shape index (κ1) is 16.4. The second-order valence-corrected chi connectivity index (χ2v) is 6.39. The van der Waals surface area contributed by atoms with Gasteiger partial charge in [0.1, 0.15) is 12.4 Å². The first-order valence-corrected chi connectivity index (χ1v) is 8.68. The molecule has 26 heavy (non-hydrogen) atoms. The van der Waals surface area contributed by atoms with Crippen molar-refractivity contribution in [2.75, 3.05) is 11.9 Å². The average Bonchev–Trinajstić information content (AvgIpc) is 3.01. The van der Waals surface area contributed by atoms with E-state index in [2.05, 4.69) is 17.2 Å². The van der Waals surface area contributed by atoms with Gasteiger partial charge in [-0.25, -0.2) is 9.59 Å². The molecule has 0 aliphatic carbocycles. The summed E-state index contributed by atoms with van der Waals surface area (Å²) in [6.07, 6.45) is 0.898. The van der Waals surface area contributed by atoms with E-state index in [-0.39, 0.29) is 6.61 Å². The number of nitrogens with one attached hydrogen (secondary N) is 2. The van der Waals surface area contributed by atoms with E-state index >= 15 is 0 Å². The Morgan fingerprint density at radius 3 is 2.54 bits per heavy atom. The van der Waals surface area contributed by atoms with Crippen molar-refractivity contribution in [3.05, 3.63) is 73.1 Å². The van der Waals surface area contributed by atoms with Crippen LogP contribution in [0.15, 0.2) is 45.1 Å². The number of benzene rings is 1. The predicted molar refractivity (Wildman–Crippen MR) is 96.3 cm³/mol. The number of anilines is 1. The Morgan fingerprint density at radius 1 is 1.15 bits per heavy atom. The van der Waals surface area contributed by atoms with Gasteiger partial charge in [0.2, 0.25) is 0 Å². The summed E-state index contributed by atoms with van der Waals surface area (Å²) in [7, 11) is 0. The number of aromatic amines is 1. The molecule has 0 fully saturated rings. The van der Waals surface area contributed by atoms with E-state index in [0.717, 1.165) is 12.0 Å². The molecular weight excluding hydrogens is 334 g/mol. The minimum Gasteiger partial charge on any atom is -0.456 e. The number of ether oxygens (including phenoxy) is 1. The zero-order valence-corrected chi connectivity index (χ0v) is 14.6. The van der Waals surface area contributed by atoms with Crippen molar-refractivity contribution in [2.24, 2.45) is 0 Å². The summed E-state index contributed by atoms with van der Waals surface area (Å²) >= 11 is 0. The highest BCUT2D eigenvalue weighted by Gasteiger charge is 2.41. The summed E-state index contributed by atoms with van der Waals surface area (Å²) < 4.78 is 6.67. The van der Waals surface area contributed by atoms with E-state index < -0.39 is 23.1 Å². The summed E-state index contributed by atoms with van der Waals surface area (Å²) in [5.41, 5.74) is 2.44. The molecule has 2 aliphatic heterocycles. The number of H-pyrrole nitrogens is 1. The molecule has 0 radical (unpaired) electrons. The number of aryl methyl sites for hydroxylation is 1. The Hall–Kier alpha value is -3.09. The van der Waals surface area contributed by atoms with Crippen LogP contribution in [-0.2, 0) is 22.5 Å². The number of nitrogens with zero attached hydrogens (tertiary/aromatic N) is 1. The Kier molecular flexibility index (Phi) is 3.79. The van der Waals surface area contributed by atoms with E-state index in [1.165, 1.54) is 10.1 Å². The lowest BCUT2D eigenvalue weighted by molar-refractivity contribution is -0.136. The zero-order valence-electron chi connectivity index (χ0n) is 14.6. The van der Waals surface area contributed by atoms with Crippen LogP contribution in [-0.4, -0.2) is 22.1 Å².